The van der Waals surface area contributed by atoms with Crippen LogP contribution in [0.2, 0.25) is 0 Å². The molecule has 1 fully saturated rings. The smallest absolute Gasteiger partial charge is 0.345 e. The van der Waals surface area contributed by atoms with E-state index in [0.29, 0.717) is 16.7 Å². The number of amides is 1. The van der Waals surface area contributed by atoms with Crippen LogP contribution < -0.4 is 5.32 Å². The van der Waals surface area contributed by atoms with Gasteiger partial charge in [-0.25, -0.2) is 4.79 Å². The van der Waals surface area contributed by atoms with Crippen LogP contribution in [-0.2, 0) is 0 Å². The minimum atomic E-state index is -0.982. The van der Waals surface area contributed by atoms with E-state index in [4.69, 9.17) is 5.11 Å². The second kappa shape index (κ2) is 5.74. The van der Waals surface area contributed by atoms with Gasteiger partial charge in [-0.15, -0.1) is 11.3 Å². The molecule has 1 saturated carbocycles. The maximum absolute atomic E-state index is 12.1. The van der Waals surface area contributed by atoms with Crippen LogP contribution in [0.15, 0.2) is 12.1 Å². The lowest BCUT2D eigenvalue weighted by molar-refractivity contribution is 0.0702. The molecule has 0 aromatic carbocycles. The number of aromatic carboxylic acids is 1. The number of carboxylic acids is 1. The van der Waals surface area contributed by atoms with E-state index in [1.165, 1.54) is 6.07 Å². The highest BCUT2D eigenvalue weighted by atomic mass is 32.1. The van der Waals surface area contributed by atoms with Gasteiger partial charge in [0.05, 0.1) is 4.88 Å². The number of hydrogen-bond donors (Lipinski definition) is 2. The highest BCUT2D eigenvalue weighted by molar-refractivity contribution is 7.15. The number of carbonyl (C=O) groups excluding carboxylic acids is 1. The predicted molar refractivity (Wildman–Crippen MR) is 74.7 cm³/mol. The first-order chi connectivity index (χ1) is 9.02. The van der Waals surface area contributed by atoms with E-state index in [2.05, 4.69) is 19.2 Å². The second-order valence-electron chi connectivity index (χ2n) is 5.15. The zero-order valence-electron chi connectivity index (χ0n) is 11.2. The third-order valence-electron chi connectivity index (χ3n) is 4.11. The van der Waals surface area contributed by atoms with Gasteiger partial charge in [0.25, 0.3) is 5.91 Å². The van der Waals surface area contributed by atoms with Crippen LogP contribution in [0.1, 0.15) is 52.5 Å². The molecule has 19 heavy (non-hydrogen) atoms. The Bertz CT molecular complexity index is 483. The lowest BCUT2D eigenvalue weighted by Gasteiger charge is -2.20. The van der Waals surface area contributed by atoms with Crippen molar-refractivity contribution in [3.05, 3.63) is 21.9 Å². The van der Waals surface area contributed by atoms with Crippen LogP contribution in [-0.4, -0.2) is 23.0 Å². The van der Waals surface area contributed by atoms with Crippen LogP contribution >= 0.6 is 11.3 Å². The molecule has 2 rings (SSSR count). The zero-order chi connectivity index (χ0) is 14.0. The number of rotatable bonds is 4. The SMILES string of the molecule is CCC1CCC(NC(=O)c2ccc(C(=O)O)s2)C1C. The van der Waals surface area contributed by atoms with Gasteiger partial charge < -0.3 is 10.4 Å². The standard InChI is InChI=1S/C14H19NO3S/c1-3-9-4-5-10(8(9)2)15-13(16)11-6-7-12(19-11)14(17)18/h6-10H,3-5H2,1-2H3,(H,15,16)(H,17,18). The Balaban J connectivity index is 1.99. The van der Waals surface area contributed by atoms with Crippen molar-refractivity contribution in [2.45, 2.75) is 39.2 Å². The molecule has 1 heterocycles. The molecule has 104 valence electrons. The minimum Gasteiger partial charge on any atom is -0.477 e. The molecular weight excluding hydrogens is 262 g/mol. The minimum absolute atomic E-state index is 0.147. The Kier molecular flexibility index (Phi) is 4.24. The summed E-state index contributed by atoms with van der Waals surface area (Å²) in [5.41, 5.74) is 0. The van der Waals surface area contributed by atoms with Crippen LogP contribution in [0, 0.1) is 11.8 Å². The number of hydrogen-bond acceptors (Lipinski definition) is 3. The molecule has 0 spiro atoms. The second-order valence-corrected chi connectivity index (χ2v) is 6.24. The fourth-order valence-corrected chi connectivity index (χ4v) is 3.59. The van der Waals surface area contributed by atoms with E-state index in [1.807, 2.05) is 0 Å². The van der Waals surface area contributed by atoms with Crippen molar-refractivity contribution >= 4 is 23.2 Å². The van der Waals surface area contributed by atoms with Crippen LogP contribution in [0.3, 0.4) is 0 Å². The van der Waals surface area contributed by atoms with Gasteiger partial charge in [-0.1, -0.05) is 20.3 Å². The average molecular weight is 281 g/mol. The Morgan fingerprint density at radius 2 is 2.05 bits per heavy atom. The predicted octanol–water partition coefficient (Wildman–Crippen LogP) is 3.00. The van der Waals surface area contributed by atoms with E-state index < -0.39 is 5.97 Å². The van der Waals surface area contributed by atoms with Crippen molar-refractivity contribution in [1.82, 2.24) is 5.32 Å². The first-order valence-corrected chi connectivity index (χ1v) is 7.48. The molecule has 5 heteroatoms. The molecule has 4 nitrogen and oxygen atoms in total. The normalized spacial score (nSPS) is 26.3. The molecule has 3 atom stereocenters. The first kappa shape index (κ1) is 14.1. The van der Waals surface area contributed by atoms with Crippen LogP contribution in [0.25, 0.3) is 0 Å². The molecule has 3 unspecified atom stereocenters. The van der Waals surface area contributed by atoms with Gasteiger partial charge in [-0.2, -0.15) is 0 Å². The van der Waals surface area contributed by atoms with Crippen molar-refractivity contribution in [2.75, 3.05) is 0 Å². The molecule has 2 N–H and O–H groups in total. The van der Waals surface area contributed by atoms with Crippen LogP contribution in [0.5, 0.6) is 0 Å². The molecule has 1 aromatic heterocycles. The van der Waals surface area contributed by atoms with Gasteiger partial charge in [-0.05, 0) is 36.8 Å². The van der Waals surface area contributed by atoms with Gasteiger partial charge >= 0.3 is 5.97 Å². The molecule has 0 bridgehead atoms. The lowest BCUT2D eigenvalue weighted by atomic mass is 9.93. The average Bonchev–Trinajstić information content (AvgIpc) is 2.97. The topological polar surface area (TPSA) is 66.4 Å². The zero-order valence-corrected chi connectivity index (χ0v) is 12.0. The Morgan fingerprint density at radius 3 is 2.58 bits per heavy atom. The number of nitrogens with one attached hydrogen (secondary N) is 1. The molecule has 1 aromatic rings. The van der Waals surface area contributed by atoms with Gasteiger partial charge in [0.2, 0.25) is 0 Å². The van der Waals surface area contributed by atoms with Crippen LogP contribution in [0.4, 0.5) is 0 Å². The fourth-order valence-electron chi connectivity index (χ4n) is 2.84. The molecular formula is C14H19NO3S. The van der Waals surface area contributed by atoms with E-state index in [0.717, 1.165) is 30.6 Å². The van der Waals surface area contributed by atoms with E-state index in [-0.39, 0.29) is 16.8 Å². The third kappa shape index (κ3) is 2.97. The van der Waals surface area contributed by atoms with Gasteiger partial charge in [0.1, 0.15) is 4.88 Å². The fraction of sp³-hybridized carbons (Fsp3) is 0.571. The third-order valence-corrected chi connectivity index (χ3v) is 5.18. The number of carbonyl (C=O) groups is 2. The number of carboxylic acid groups (broad SMARTS) is 1. The van der Waals surface area contributed by atoms with Gasteiger partial charge in [0, 0.05) is 6.04 Å². The van der Waals surface area contributed by atoms with Crippen molar-refractivity contribution in [3.8, 4) is 0 Å². The molecule has 1 aliphatic carbocycles. The van der Waals surface area contributed by atoms with Gasteiger partial charge in [0.15, 0.2) is 0 Å². The summed E-state index contributed by atoms with van der Waals surface area (Å²) < 4.78 is 0. The van der Waals surface area contributed by atoms with Gasteiger partial charge in [-0.3, -0.25) is 4.79 Å². The van der Waals surface area contributed by atoms with Crippen molar-refractivity contribution in [3.63, 3.8) is 0 Å². The molecule has 1 amide bonds. The first-order valence-electron chi connectivity index (χ1n) is 6.67. The molecule has 0 saturated heterocycles. The summed E-state index contributed by atoms with van der Waals surface area (Å²) in [6.07, 6.45) is 3.33. The Hall–Kier alpha value is -1.36. The highest BCUT2D eigenvalue weighted by Gasteiger charge is 2.32. The van der Waals surface area contributed by atoms with E-state index in [1.54, 1.807) is 6.07 Å². The summed E-state index contributed by atoms with van der Waals surface area (Å²) in [5, 5.41) is 11.9. The van der Waals surface area contributed by atoms with E-state index in [9.17, 15) is 9.59 Å². The monoisotopic (exact) mass is 281 g/mol. The summed E-state index contributed by atoms with van der Waals surface area (Å²) in [5.74, 6) is 0.0477. The maximum Gasteiger partial charge on any atom is 0.345 e. The summed E-state index contributed by atoms with van der Waals surface area (Å²) in [6.45, 7) is 4.37. The quantitative estimate of drug-likeness (QED) is 0.891. The Labute approximate surface area is 116 Å². The Morgan fingerprint density at radius 1 is 1.37 bits per heavy atom. The van der Waals surface area contributed by atoms with Crippen molar-refractivity contribution in [2.24, 2.45) is 11.8 Å². The van der Waals surface area contributed by atoms with Crippen molar-refractivity contribution in [1.29, 1.82) is 0 Å². The molecule has 0 aliphatic heterocycles. The summed E-state index contributed by atoms with van der Waals surface area (Å²) >= 11 is 1.03. The largest absolute Gasteiger partial charge is 0.477 e. The molecule has 1 aliphatic rings. The number of thiophene rings is 1. The highest BCUT2D eigenvalue weighted by Crippen LogP contribution is 2.34. The van der Waals surface area contributed by atoms with Crippen molar-refractivity contribution < 1.29 is 14.7 Å². The molecule has 0 radical (unpaired) electrons. The summed E-state index contributed by atoms with van der Waals surface area (Å²) in [7, 11) is 0. The summed E-state index contributed by atoms with van der Waals surface area (Å²) in [6, 6.07) is 3.28. The maximum atomic E-state index is 12.1. The van der Waals surface area contributed by atoms with E-state index >= 15 is 0 Å². The lowest BCUT2D eigenvalue weighted by Crippen LogP contribution is -2.37. The summed E-state index contributed by atoms with van der Waals surface area (Å²) in [4.78, 5) is 23.6.